The lowest BCUT2D eigenvalue weighted by Crippen LogP contribution is -2.74. The molecule has 0 bridgehead atoms. The first-order chi connectivity index (χ1) is 25.8. The first-order valence-corrected chi connectivity index (χ1v) is 17.9. The highest BCUT2D eigenvalue weighted by Crippen LogP contribution is 2.45. The van der Waals surface area contributed by atoms with E-state index in [0.717, 1.165) is 16.7 Å². The molecular formula is C40H52O13. The van der Waals surface area contributed by atoms with Crippen molar-refractivity contribution in [2.75, 3.05) is 34.5 Å². The summed E-state index contributed by atoms with van der Waals surface area (Å²) in [6.07, 6.45) is -9.29. The average molecular weight is 741 g/mol. The summed E-state index contributed by atoms with van der Waals surface area (Å²) in [6, 6.07) is 29.2. The fourth-order valence-corrected chi connectivity index (χ4v) is 7.00. The lowest BCUT2D eigenvalue weighted by Gasteiger charge is -2.57. The van der Waals surface area contributed by atoms with Gasteiger partial charge in [0.25, 0.3) is 0 Å². The molecule has 6 rings (SSSR count). The van der Waals surface area contributed by atoms with Crippen LogP contribution in [0.4, 0.5) is 0 Å². The largest absolute Gasteiger partial charge is 0.394 e. The van der Waals surface area contributed by atoms with E-state index in [1.54, 1.807) is 13.8 Å². The van der Waals surface area contributed by atoms with Gasteiger partial charge in [0, 0.05) is 21.3 Å². The second kappa shape index (κ2) is 18.2. The fourth-order valence-electron chi connectivity index (χ4n) is 7.00. The maximum atomic E-state index is 10.8. The van der Waals surface area contributed by atoms with Gasteiger partial charge in [-0.05, 0) is 30.5 Å². The first kappa shape index (κ1) is 39.8. The quantitative estimate of drug-likeness (QED) is 0.221. The van der Waals surface area contributed by atoms with Gasteiger partial charge in [-0.25, -0.2) is 0 Å². The van der Waals surface area contributed by atoms with E-state index >= 15 is 0 Å². The molecule has 13 heteroatoms. The van der Waals surface area contributed by atoms with Crippen molar-refractivity contribution < 1.29 is 62.3 Å². The van der Waals surface area contributed by atoms with Crippen LogP contribution in [0.5, 0.6) is 0 Å². The third kappa shape index (κ3) is 8.84. The average Bonchev–Trinajstić information content (AvgIpc) is 3.20. The molecule has 3 aliphatic heterocycles. The third-order valence-corrected chi connectivity index (χ3v) is 10.2. The number of aliphatic hydroxyl groups is 2. The molecule has 290 valence electrons. The summed E-state index contributed by atoms with van der Waals surface area (Å²) < 4.78 is 69.9. The highest BCUT2D eigenvalue weighted by atomic mass is 16.8. The van der Waals surface area contributed by atoms with E-state index in [0.29, 0.717) is 0 Å². The molecule has 0 amide bonds. The second-order valence-electron chi connectivity index (χ2n) is 13.5. The van der Waals surface area contributed by atoms with Crippen LogP contribution in [-0.4, -0.2) is 118 Å². The Balaban J connectivity index is 1.36. The lowest BCUT2D eigenvalue weighted by atomic mass is 9.93. The Labute approximate surface area is 310 Å². The normalized spacial score (nSPS) is 35.8. The minimum absolute atomic E-state index is 0.186. The van der Waals surface area contributed by atoms with Crippen molar-refractivity contribution in [3.8, 4) is 0 Å². The lowest BCUT2D eigenvalue weighted by molar-refractivity contribution is -0.489. The van der Waals surface area contributed by atoms with E-state index in [1.807, 2.05) is 91.0 Å². The number of aliphatic hydroxyl groups excluding tert-OH is 2. The summed E-state index contributed by atoms with van der Waals surface area (Å²) >= 11 is 0. The zero-order chi connectivity index (χ0) is 37.4. The van der Waals surface area contributed by atoms with Crippen molar-refractivity contribution in [1.82, 2.24) is 0 Å². The summed E-state index contributed by atoms with van der Waals surface area (Å²) in [5, 5.41) is 21.5. The molecule has 13 nitrogen and oxygen atoms in total. The fraction of sp³-hybridized carbons (Fsp3) is 0.550. The van der Waals surface area contributed by atoms with Gasteiger partial charge in [-0.15, -0.1) is 0 Å². The summed E-state index contributed by atoms with van der Waals surface area (Å²) in [4.78, 5) is 0. The molecule has 12 atom stereocenters. The maximum Gasteiger partial charge on any atom is 0.220 e. The van der Waals surface area contributed by atoms with Crippen LogP contribution < -0.4 is 0 Å². The zero-order valence-electron chi connectivity index (χ0n) is 30.9. The maximum absolute atomic E-state index is 10.8. The van der Waals surface area contributed by atoms with E-state index in [9.17, 15) is 10.2 Å². The number of benzene rings is 3. The van der Waals surface area contributed by atoms with Gasteiger partial charge < -0.3 is 62.3 Å². The second-order valence-corrected chi connectivity index (χ2v) is 13.5. The Kier molecular flexibility index (Phi) is 13.7. The van der Waals surface area contributed by atoms with Crippen LogP contribution in [0.2, 0.25) is 0 Å². The number of methoxy groups -OCH3 is 3. The first-order valence-electron chi connectivity index (χ1n) is 17.9. The molecule has 3 heterocycles. The summed E-state index contributed by atoms with van der Waals surface area (Å²) in [5.41, 5.74) is 2.78. The molecule has 3 fully saturated rings. The van der Waals surface area contributed by atoms with Crippen molar-refractivity contribution in [3.05, 3.63) is 108 Å². The Bertz CT molecular complexity index is 1520. The molecule has 0 aromatic heterocycles. The Hall–Kier alpha value is -2.86. The van der Waals surface area contributed by atoms with Gasteiger partial charge in [0.2, 0.25) is 11.6 Å². The van der Waals surface area contributed by atoms with Crippen LogP contribution in [0, 0.1) is 0 Å². The van der Waals surface area contributed by atoms with Gasteiger partial charge in [0.15, 0.2) is 12.6 Å². The van der Waals surface area contributed by atoms with Crippen LogP contribution in [0.3, 0.4) is 0 Å². The predicted molar refractivity (Wildman–Crippen MR) is 189 cm³/mol. The van der Waals surface area contributed by atoms with Gasteiger partial charge >= 0.3 is 0 Å². The topological polar surface area (TPSA) is 142 Å². The minimum atomic E-state index is -1.41. The van der Waals surface area contributed by atoms with Gasteiger partial charge in [-0.2, -0.15) is 0 Å². The van der Waals surface area contributed by atoms with Gasteiger partial charge in [-0.3, -0.25) is 0 Å². The summed E-state index contributed by atoms with van der Waals surface area (Å²) in [7, 11) is 4.45. The molecule has 3 aromatic rings. The minimum Gasteiger partial charge on any atom is -0.394 e. The number of rotatable bonds is 16. The molecule has 2 N–H and O–H groups in total. The Morgan fingerprint density at radius 3 is 1.40 bits per heavy atom. The molecule has 3 aromatic carbocycles. The molecule has 3 saturated heterocycles. The number of hydrogen-bond acceptors (Lipinski definition) is 13. The standard InChI is InChI=1S/C40H52O13/c1-39(44-4)40(2,45-5)53-36-34(52-39)32(30(22-42)49-37(36)43-3)51-38-35(48-25-28-19-13-8-14-20-28)33(47-24-27-17-11-7-12-18-27)31(29(21-41)50-38)46-23-26-15-9-6-10-16-26/h6-20,29-38,41-42H,21-25H2,1-5H3/t29-,30-,31+,32-,33+,34+,35-,36-,37+,38?,39-,40-/m1/s1. The molecule has 0 radical (unpaired) electrons. The molecule has 0 spiro atoms. The highest BCUT2D eigenvalue weighted by molar-refractivity contribution is 5.16. The van der Waals surface area contributed by atoms with Crippen LogP contribution in [0.25, 0.3) is 0 Å². The van der Waals surface area contributed by atoms with Gasteiger partial charge in [-0.1, -0.05) is 91.0 Å². The van der Waals surface area contributed by atoms with Crippen molar-refractivity contribution in [2.24, 2.45) is 0 Å². The molecule has 53 heavy (non-hydrogen) atoms. The van der Waals surface area contributed by atoms with E-state index in [2.05, 4.69) is 0 Å². The number of ether oxygens (including phenoxy) is 11. The van der Waals surface area contributed by atoms with E-state index in [4.69, 9.17) is 52.1 Å². The Morgan fingerprint density at radius 2 is 0.943 bits per heavy atom. The highest BCUT2D eigenvalue weighted by Gasteiger charge is 2.64. The molecule has 0 saturated carbocycles. The monoisotopic (exact) mass is 740 g/mol. The van der Waals surface area contributed by atoms with Crippen LogP contribution in [0.15, 0.2) is 91.0 Å². The molecule has 3 aliphatic rings. The summed E-state index contributed by atoms with van der Waals surface area (Å²) in [6.45, 7) is 3.17. The van der Waals surface area contributed by atoms with Crippen LogP contribution in [0.1, 0.15) is 30.5 Å². The van der Waals surface area contributed by atoms with E-state index in [-0.39, 0.29) is 19.8 Å². The van der Waals surface area contributed by atoms with Crippen LogP contribution >= 0.6 is 0 Å². The van der Waals surface area contributed by atoms with Gasteiger partial charge in [0.05, 0.1) is 33.0 Å². The SMILES string of the molecule is CO[C@H]1O[C@H](CO)[C@@H](OC2O[C@H](CO)[C@H](OCc3ccccc3)[C@H](OCc3ccccc3)[C@H]2OCc2ccccc2)[C@@H]2O[C@@](C)(OC)[C@](C)(OC)O[C@@H]12. The molecular weight excluding hydrogens is 688 g/mol. The Morgan fingerprint density at radius 1 is 0.528 bits per heavy atom. The number of fused-ring (bicyclic) bond motifs is 1. The summed E-state index contributed by atoms with van der Waals surface area (Å²) in [5.74, 6) is -2.79. The van der Waals surface area contributed by atoms with E-state index < -0.39 is 86.2 Å². The molecule has 1 unspecified atom stereocenters. The van der Waals surface area contributed by atoms with E-state index in [1.165, 1.54) is 21.3 Å². The van der Waals surface area contributed by atoms with Crippen molar-refractivity contribution in [2.45, 2.75) is 107 Å². The smallest absolute Gasteiger partial charge is 0.220 e. The zero-order valence-corrected chi connectivity index (χ0v) is 30.9. The third-order valence-electron chi connectivity index (χ3n) is 10.2. The van der Waals surface area contributed by atoms with Crippen molar-refractivity contribution in [1.29, 1.82) is 0 Å². The molecule has 0 aliphatic carbocycles. The van der Waals surface area contributed by atoms with Gasteiger partial charge in [0.1, 0.15) is 48.8 Å². The van der Waals surface area contributed by atoms with Crippen molar-refractivity contribution >= 4 is 0 Å². The number of hydrogen-bond donors (Lipinski definition) is 2. The van der Waals surface area contributed by atoms with Crippen molar-refractivity contribution in [3.63, 3.8) is 0 Å². The van der Waals surface area contributed by atoms with Crippen LogP contribution in [-0.2, 0) is 71.9 Å². The predicted octanol–water partition coefficient (Wildman–Crippen LogP) is 3.72.